The number of alkyl halides is 1. The van der Waals surface area contributed by atoms with Crippen molar-refractivity contribution in [3.05, 3.63) is 29.8 Å². The summed E-state index contributed by atoms with van der Waals surface area (Å²) in [5, 5.41) is 9.20. The average Bonchev–Trinajstić information content (AvgIpc) is 2.17. The average molecular weight is 212 g/mol. The Hall–Kier alpha value is -1.09. The summed E-state index contributed by atoms with van der Waals surface area (Å²) in [4.78, 5) is 0. The van der Waals surface area contributed by atoms with Crippen LogP contribution in [0.15, 0.2) is 24.3 Å². The quantitative estimate of drug-likeness (QED) is 0.831. The van der Waals surface area contributed by atoms with Gasteiger partial charge >= 0.3 is 0 Å². The fourth-order valence-electron chi connectivity index (χ4n) is 1.58. The third-order valence-corrected chi connectivity index (χ3v) is 2.51. The fourth-order valence-corrected chi connectivity index (χ4v) is 1.58. The lowest BCUT2D eigenvalue weighted by molar-refractivity contribution is 0.119. The Kier molecular flexibility index (Phi) is 3.69. The van der Waals surface area contributed by atoms with E-state index in [1.807, 2.05) is 0 Å². The molecule has 0 aromatic heterocycles. The number of aliphatic hydroxyl groups excluding tert-OH is 1. The summed E-state index contributed by atoms with van der Waals surface area (Å²) >= 11 is 0. The summed E-state index contributed by atoms with van der Waals surface area (Å²) < 4.78 is 18.8. The Bertz CT molecular complexity index is 318. The van der Waals surface area contributed by atoms with Crippen LogP contribution in [0.25, 0.3) is 0 Å². The van der Waals surface area contributed by atoms with Gasteiger partial charge in [-0.1, -0.05) is 12.1 Å². The van der Waals surface area contributed by atoms with Crippen LogP contribution in [0.1, 0.15) is 25.3 Å². The molecule has 0 aliphatic carbocycles. The molecule has 0 amide bonds. The van der Waals surface area contributed by atoms with E-state index in [1.165, 1.54) is 13.8 Å². The van der Waals surface area contributed by atoms with Crippen molar-refractivity contribution in [2.75, 3.05) is 13.7 Å². The van der Waals surface area contributed by atoms with Crippen molar-refractivity contribution in [1.82, 2.24) is 0 Å². The predicted molar refractivity (Wildman–Crippen MR) is 58.0 cm³/mol. The number of aliphatic hydroxyl groups is 1. The first-order chi connectivity index (χ1) is 6.99. The fraction of sp³-hybridized carbons (Fsp3) is 0.500. The molecule has 3 heteroatoms. The minimum atomic E-state index is -1.44. The predicted octanol–water partition coefficient (Wildman–Crippen LogP) is 2.52. The van der Waals surface area contributed by atoms with Crippen LogP contribution in [0.4, 0.5) is 4.39 Å². The molecule has 2 nitrogen and oxygen atoms in total. The second kappa shape index (κ2) is 4.62. The minimum absolute atomic E-state index is 0.212. The van der Waals surface area contributed by atoms with Crippen LogP contribution >= 0.6 is 0 Å². The summed E-state index contributed by atoms with van der Waals surface area (Å²) in [6, 6.07) is 7.14. The van der Waals surface area contributed by atoms with Crippen molar-refractivity contribution in [2.24, 2.45) is 0 Å². The molecule has 1 aromatic rings. The molecular formula is C12H17FO2. The van der Waals surface area contributed by atoms with Crippen molar-refractivity contribution in [2.45, 2.75) is 25.4 Å². The standard InChI is InChI=1S/C12H17FO2/c1-12(2,13)11(8-14)9-5-4-6-10(7-9)15-3/h4-7,11,14H,8H2,1-3H3. The van der Waals surface area contributed by atoms with Gasteiger partial charge in [-0.2, -0.15) is 0 Å². The maximum absolute atomic E-state index is 13.8. The minimum Gasteiger partial charge on any atom is -0.497 e. The van der Waals surface area contributed by atoms with Crippen molar-refractivity contribution in [3.63, 3.8) is 0 Å². The Labute approximate surface area is 89.7 Å². The Balaban J connectivity index is 3.02. The van der Waals surface area contributed by atoms with Gasteiger partial charge in [0, 0.05) is 5.92 Å². The van der Waals surface area contributed by atoms with Crippen molar-refractivity contribution in [1.29, 1.82) is 0 Å². The van der Waals surface area contributed by atoms with E-state index in [1.54, 1.807) is 31.4 Å². The van der Waals surface area contributed by atoms with Crippen LogP contribution < -0.4 is 4.74 Å². The van der Waals surface area contributed by atoms with Crippen molar-refractivity contribution < 1.29 is 14.2 Å². The van der Waals surface area contributed by atoms with Crippen LogP contribution in [0.3, 0.4) is 0 Å². The van der Waals surface area contributed by atoms with Gasteiger partial charge in [-0.05, 0) is 31.5 Å². The normalized spacial score (nSPS) is 13.7. The molecule has 1 atom stereocenters. The van der Waals surface area contributed by atoms with Gasteiger partial charge in [0.1, 0.15) is 11.4 Å². The molecule has 0 radical (unpaired) electrons. The molecule has 0 spiro atoms. The van der Waals surface area contributed by atoms with E-state index in [9.17, 15) is 9.50 Å². The molecule has 84 valence electrons. The maximum atomic E-state index is 13.8. The van der Waals surface area contributed by atoms with E-state index in [0.29, 0.717) is 5.75 Å². The molecule has 0 saturated heterocycles. The zero-order valence-corrected chi connectivity index (χ0v) is 9.33. The van der Waals surface area contributed by atoms with Gasteiger partial charge in [-0.15, -0.1) is 0 Å². The smallest absolute Gasteiger partial charge is 0.119 e. The number of rotatable bonds is 4. The molecule has 0 aliphatic rings. The first-order valence-electron chi connectivity index (χ1n) is 4.92. The van der Waals surface area contributed by atoms with Crippen molar-refractivity contribution in [3.8, 4) is 5.75 Å². The van der Waals surface area contributed by atoms with E-state index in [0.717, 1.165) is 5.56 Å². The summed E-state index contributed by atoms with van der Waals surface area (Å²) in [7, 11) is 1.56. The zero-order chi connectivity index (χ0) is 11.5. The first kappa shape index (κ1) is 12.0. The van der Waals surface area contributed by atoms with Gasteiger partial charge in [-0.3, -0.25) is 0 Å². The van der Waals surface area contributed by atoms with E-state index in [-0.39, 0.29) is 6.61 Å². The number of hydrogen-bond acceptors (Lipinski definition) is 2. The monoisotopic (exact) mass is 212 g/mol. The largest absolute Gasteiger partial charge is 0.497 e. The van der Waals surface area contributed by atoms with E-state index >= 15 is 0 Å². The summed E-state index contributed by atoms with van der Waals surface area (Å²) in [5.74, 6) is 0.155. The number of hydrogen-bond donors (Lipinski definition) is 1. The van der Waals surface area contributed by atoms with Crippen LogP contribution in [0.5, 0.6) is 5.75 Å². The van der Waals surface area contributed by atoms with Gasteiger partial charge in [-0.25, -0.2) is 4.39 Å². The lowest BCUT2D eigenvalue weighted by Gasteiger charge is -2.25. The van der Waals surface area contributed by atoms with Gasteiger partial charge in [0.05, 0.1) is 13.7 Å². The highest BCUT2D eigenvalue weighted by molar-refractivity contribution is 5.32. The molecule has 0 bridgehead atoms. The van der Waals surface area contributed by atoms with E-state index < -0.39 is 11.6 Å². The Morgan fingerprint density at radius 1 is 1.47 bits per heavy atom. The third-order valence-electron chi connectivity index (χ3n) is 2.51. The highest BCUT2D eigenvalue weighted by Crippen LogP contribution is 2.32. The Morgan fingerprint density at radius 2 is 2.13 bits per heavy atom. The van der Waals surface area contributed by atoms with Gasteiger partial charge in [0.2, 0.25) is 0 Å². The summed E-state index contributed by atoms with van der Waals surface area (Å²) in [6.45, 7) is 2.72. The SMILES string of the molecule is COc1cccc(C(CO)C(C)(C)F)c1. The number of halogens is 1. The number of benzene rings is 1. The van der Waals surface area contributed by atoms with Crippen LogP contribution in [-0.2, 0) is 0 Å². The second-order valence-corrected chi connectivity index (χ2v) is 4.08. The highest BCUT2D eigenvalue weighted by atomic mass is 19.1. The van der Waals surface area contributed by atoms with Crippen LogP contribution in [0.2, 0.25) is 0 Å². The Morgan fingerprint density at radius 3 is 2.60 bits per heavy atom. The molecule has 15 heavy (non-hydrogen) atoms. The summed E-state index contributed by atoms with van der Waals surface area (Å²) in [5.41, 5.74) is -0.689. The lowest BCUT2D eigenvalue weighted by atomic mass is 9.87. The van der Waals surface area contributed by atoms with Gasteiger partial charge < -0.3 is 9.84 Å². The molecule has 0 aliphatic heterocycles. The first-order valence-corrected chi connectivity index (χ1v) is 4.92. The van der Waals surface area contributed by atoms with E-state index in [2.05, 4.69) is 0 Å². The number of ether oxygens (including phenoxy) is 1. The molecule has 1 N–H and O–H groups in total. The molecular weight excluding hydrogens is 195 g/mol. The van der Waals surface area contributed by atoms with Gasteiger partial charge in [0.15, 0.2) is 0 Å². The van der Waals surface area contributed by atoms with Gasteiger partial charge in [0.25, 0.3) is 0 Å². The van der Waals surface area contributed by atoms with Crippen LogP contribution in [-0.4, -0.2) is 24.5 Å². The molecule has 0 heterocycles. The molecule has 1 rings (SSSR count). The third kappa shape index (κ3) is 2.93. The molecule has 0 fully saturated rings. The maximum Gasteiger partial charge on any atom is 0.119 e. The topological polar surface area (TPSA) is 29.5 Å². The molecule has 1 unspecified atom stereocenters. The second-order valence-electron chi connectivity index (χ2n) is 4.08. The van der Waals surface area contributed by atoms with Crippen molar-refractivity contribution >= 4 is 0 Å². The summed E-state index contributed by atoms with van der Waals surface area (Å²) in [6.07, 6.45) is 0. The van der Waals surface area contributed by atoms with Crippen LogP contribution in [0, 0.1) is 0 Å². The zero-order valence-electron chi connectivity index (χ0n) is 9.33. The lowest BCUT2D eigenvalue weighted by Crippen LogP contribution is -2.26. The highest BCUT2D eigenvalue weighted by Gasteiger charge is 2.30. The van der Waals surface area contributed by atoms with E-state index in [4.69, 9.17) is 4.74 Å². The number of methoxy groups -OCH3 is 1. The molecule has 0 saturated carbocycles. The molecule has 1 aromatic carbocycles.